The summed E-state index contributed by atoms with van der Waals surface area (Å²) in [5, 5.41) is 14.3. The number of nitriles is 1. The normalized spacial score (nSPS) is 10.7. The van der Waals surface area contributed by atoms with E-state index in [1.54, 1.807) is 36.4 Å². The Hall–Kier alpha value is -3.20. The first-order chi connectivity index (χ1) is 12.3. The molecule has 0 radical (unpaired) electrons. The third-order valence-corrected chi connectivity index (χ3v) is 4.00. The van der Waals surface area contributed by atoms with E-state index in [0.717, 1.165) is 5.56 Å². The summed E-state index contributed by atoms with van der Waals surface area (Å²) in [5.41, 5.74) is 0.485. The number of amides is 2. The largest absolute Gasteiger partial charge is 0.355 e. The summed E-state index contributed by atoms with van der Waals surface area (Å²) in [6.45, 7) is 3.40. The Kier molecular flexibility index (Phi) is 6.07. The topological polar surface area (TPSA) is 82.0 Å². The number of benzene rings is 2. The molecule has 0 saturated carbocycles. The second-order valence-corrected chi connectivity index (χ2v) is 6.40. The van der Waals surface area contributed by atoms with E-state index in [4.69, 9.17) is 5.26 Å². The van der Waals surface area contributed by atoms with Crippen LogP contribution in [0.1, 0.15) is 25.0 Å². The average Bonchev–Trinajstić information content (AvgIpc) is 2.63. The Bertz CT molecular complexity index is 839. The van der Waals surface area contributed by atoms with Crippen molar-refractivity contribution in [2.24, 2.45) is 5.41 Å². The van der Waals surface area contributed by atoms with Crippen molar-refractivity contribution in [3.8, 4) is 6.07 Å². The maximum absolute atomic E-state index is 12.9. The lowest BCUT2D eigenvalue weighted by Crippen LogP contribution is -2.45. The molecule has 0 fully saturated rings. The van der Waals surface area contributed by atoms with Gasteiger partial charge in [-0.25, -0.2) is 4.39 Å². The van der Waals surface area contributed by atoms with Gasteiger partial charge < -0.3 is 10.6 Å². The molecule has 0 bridgehead atoms. The fourth-order valence-corrected chi connectivity index (χ4v) is 2.25. The van der Waals surface area contributed by atoms with Crippen molar-refractivity contribution in [1.29, 1.82) is 5.26 Å². The lowest BCUT2D eigenvalue weighted by molar-refractivity contribution is -0.138. The number of carbonyl (C=O) groups excluding carboxylic acids is 2. The van der Waals surface area contributed by atoms with Gasteiger partial charge in [-0.3, -0.25) is 9.59 Å². The van der Waals surface area contributed by atoms with E-state index in [1.807, 2.05) is 6.07 Å². The van der Waals surface area contributed by atoms with Gasteiger partial charge >= 0.3 is 0 Å². The van der Waals surface area contributed by atoms with Crippen LogP contribution in [0, 0.1) is 22.6 Å². The quantitative estimate of drug-likeness (QED) is 0.783. The van der Waals surface area contributed by atoms with Crippen LogP contribution in [0.5, 0.6) is 0 Å². The molecular weight excluding hydrogens is 333 g/mol. The molecule has 0 aliphatic carbocycles. The van der Waals surface area contributed by atoms with Gasteiger partial charge in [0.05, 0.1) is 11.6 Å². The zero-order valence-corrected chi connectivity index (χ0v) is 14.7. The fraction of sp³-hybridized carbons (Fsp3) is 0.250. The van der Waals surface area contributed by atoms with Crippen molar-refractivity contribution in [2.45, 2.75) is 20.3 Å². The van der Waals surface area contributed by atoms with Gasteiger partial charge in [-0.2, -0.15) is 5.26 Å². The van der Waals surface area contributed by atoms with Crippen molar-refractivity contribution < 1.29 is 14.0 Å². The van der Waals surface area contributed by atoms with Gasteiger partial charge in [0, 0.05) is 12.2 Å². The lowest BCUT2D eigenvalue weighted by Gasteiger charge is -2.22. The van der Waals surface area contributed by atoms with E-state index in [-0.39, 0.29) is 5.82 Å². The molecule has 5 nitrogen and oxygen atoms in total. The molecule has 0 atom stereocenters. The highest BCUT2D eigenvalue weighted by molar-refractivity contribution is 6.09. The third-order valence-electron chi connectivity index (χ3n) is 4.00. The van der Waals surface area contributed by atoms with Gasteiger partial charge in [-0.05, 0) is 56.2 Å². The van der Waals surface area contributed by atoms with Crippen molar-refractivity contribution >= 4 is 17.5 Å². The number of rotatable bonds is 6. The second kappa shape index (κ2) is 8.26. The molecule has 2 aromatic carbocycles. The van der Waals surface area contributed by atoms with Gasteiger partial charge in [0.2, 0.25) is 11.8 Å². The van der Waals surface area contributed by atoms with Gasteiger partial charge in [-0.1, -0.05) is 18.2 Å². The molecule has 2 rings (SSSR count). The molecule has 2 aromatic rings. The summed E-state index contributed by atoms with van der Waals surface area (Å²) in [7, 11) is 0. The second-order valence-electron chi connectivity index (χ2n) is 6.40. The van der Waals surface area contributed by atoms with Gasteiger partial charge in [-0.15, -0.1) is 0 Å². The molecule has 134 valence electrons. The minimum Gasteiger partial charge on any atom is -0.355 e. The number of nitrogens with zero attached hydrogens (tertiary/aromatic N) is 1. The first kappa shape index (κ1) is 19.1. The van der Waals surface area contributed by atoms with E-state index in [2.05, 4.69) is 10.6 Å². The van der Waals surface area contributed by atoms with Crippen LogP contribution in [0.4, 0.5) is 10.1 Å². The standard InChI is InChI=1S/C20H20FN3O2/c1-20(2,19(26)24-17-5-3-4-15(12-17)13-22)18(25)23-11-10-14-6-8-16(21)9-7-14/h3-9,12H,10-11H2,1-2H3,(H,23,25)(H,24,26). The Balaban J connectivity index is 1.92. The minimum atomic E-state index is -1.29. The molecular formula is C20H20FN3O2. The van der Waals surface area contributed by atoms with Crippen LogP contribution in [0.3, 0.4) is 0 Å². The molecule has 0 spiro atoms. The first-order valence-electron chi connectivity index (χ1n) is 8.17. The summed E-state index contributed by atoms with van der Waals surface area (Å²) in [5.74, 6) is -1.18. The molecule has 2 amide bonds. The molecule has 0 aliphatic heterocycles. The zero-order chi connectivity index (χ0) is 19.2. The highest BCUT2D eigenvalue weighted by Gasteiger charge is 2.35. The Labute approximate surface area is 151 Å². The fourth-order valence-electron chi connectivity index (χ4n) is 2.25. The van der Waals surface area contributed by atoms with Crippen molar-refractivity contribution in [3.05, 3.63) is 65.5 Å². The van der Waals surface area contributed by atoms with E-state index in [1.165, 1.54) is 26.0 Å². The van der Waals surface area contributed by atoms with Crippen LogP contribution in [0.25, 0.3) is 0 Å². The molecule has 0 saturated heterocycles. The molecule has 0 heterocycles. The molecule has 0 aromatic heterocycles. The SMILES string of the molecule is CC(C)(C(=O)NCCc1ccc(F)cc1)C(=O)Nc1cccc(C#N)c1. The summed E-state index contributed by atoms with van der Waals surface area (Å²) >= 11 is 0. The van der Waals surface area contributed by atoms with E-state index < -0.39 is 17.2 Å². The van der Waals surface area contributed by atoms with Crippen LogP contribution in [-0.2, 0) is 16.0 Å². The number of hydrogen-bond acceptors (Lipinski definition) is 3. The summed E-state index contributed by atoms with van der Waals surface area (Å²) in [4.78, 5) is 24.8. The van der Waals surface area contributed by atoms with Crippen LogP contribution in [0.2, 0.25) is 0 Å². The van der Waals surface area contributed by atoms with Crippen LogP contribution in [-0.4, -0.2) is 18.4 Å². The van der Waals surface area contributed by atoms with E-state index >= 15 is 0 Å². The number of hydrogen-bond donors (Lipinski definition) is 2. The maximum atomic E-state index is 12.9. The summed E-state index contributed by atoms with van der Waals surface area (Å²) in [6, 6.07) is 14.5. The number of halogens is 1. The Morgan fingerprint density at radius 2 is 1.81 bits per heavy atom. The van der Waals surface area contributed by atoms with Crippen LogP contribution < -0.4 is 10.6 Å². The van der Waals surface area contributed by atoms with Gasteiger partial charge in [0.25, 0.3) is 0 Å². The lowest BCUT2D eigenvalue weighted by atomic mass is 9.90. The smallest absolute Gasteiger partial charge is 0.239 e. The molecule has 0 aliphatic rings. The van der Waals surface area contributed by atoms with Gasteiger partial charge in [0.15, 0.2) is 0 Å². The highest BCUT2D eigenvalue weighted by Crippen LogP contribution is 2.19. The van der Waals surface area contributed by atoms with Crippen molar-refractivity contribution in [2.75, 3.05) is 11.9 Å². The average molecular weight is 353 g/mol. The highest BCUT2D eigenvalue weighted by atomic mass is 19.1. The van der Waals surface area contributed by atoms with E-state index in [0.29, 0.717) is 24.2 Å². The Morgan fingerprint density at radius 3 is 2.46 bits per heavy atom. The minimum absolute atomic E-state index is 0.309. The third kappa shape index (κ3) is 4.90. The molecule has 0 unspecified atom stereocenters. The Morgan fingerprint density at radius 1 is 1.12 bits per heavy atom. The number of anilines is 1. The predicted octanol–water partition coefficient (Wildman–Crippen LogP) is 3.02. The first-order valence-corrected chi connectivity index (χ1v) is 8.17. The van der Waals surface area contributed by atoms with Crippen molar-refractivity contribution in [1.82, 2.24) is 5.32 Å². The van der Waals surface area contributed by atoms with E-state index in [9.17, 15) is 14.0 Å². The summed E-state index contributed by atoms with van der Waals surface area (Å²) < 4.78 is 12.9. The number of nitrogens with one attached hydrogen (secondary N) is 2. The number of carbonyl (C=O) groups is 2. The van der Waals surface area contributed by atoms with Crippen molar-refractivity contribution in [3.63, 3.8) is 0 Å². The molecule has 6 heteroatoms. The van der Waals surface area contributed by atoms with Gasteiger partial charge in [0.1, 0.15) is 11.2 Å². The maximum Gasteiger partial charge on any atom is 0.239 e. The van der Waals surface area contributed by atoms with Crippen LogP contribution in [0.15, 0.2) is 48.5 Å². The summed E-state index contributed by atoms with van der Waals surface area (Å²) in [6.07, 6.45) is 0.536. The van der Waals surface area contributed by atoms with Crippen LogP contribution >= 0.6 is 0 Å². The zero-order valence-electron chi connectivity index (χ0n) is 14.7. The monoisotopic (exact) mass is 353 g/mol. The molecule has 2 N–H and O–H groups in total. The molecule has 26 heavy (non-hydrogen) atoms. The predicted molar refractivity (Wildman–Crippen MR) is 96.7 cm³/mol.